The molecule has 184 valence electrons. The van der Waals surface area contributed by atoms with E-state index in [-0.39, 0.29) is 29.2 Å². The molecule has 34 heavy (non-hydrogen) atoms. The van der Waals surface area contributed by atoms with E-state index in [4.69, 9.17) is 4.74 Å². The Morgan fingerprint density at radius 2 is 1.91 bits per heavy atom. The van der Waals surface area contributed by atoms with Crippen molar-refractivity contribution in [3.8, 4) is 5.75 Å². The van der Waals surface area contributed by atoms with Crippen molar-refractivity contribution in [1.82, 2.24) is 15.1 Å². The number of nitrogens with zero attached hydrogens (tertiary/aromatic N) is 2. The van der Waals surface area contributed by atoms with Crippen LogP contribution in [0.25, 0.3) is 0 Å². The van der Waals surface area contributed by atoms with Crippen LogP contribution in [0.5, 0.6) is 5.75 Å². The van der Waals surface area contributed by atoms with E-state index in [9.17, 15) is 9.59 Å². The Morgan fingerprint density at radius 1 is 1.18 bits per heavy atom. The fourth-order valence-corrected chi connectivity index (χ4v) is 5.82. The van der Waals surface area contributed by atoms with Gasteiger partial charge in [-0.1, -0.05) is 26.0 Å². The van der Waals surface area contributed by atoms with Crippen LogP contribution in [0.3, 0.4) is 0 Å². The number of nitrogens with one attached hydrogen (secondary N) is 1. The van der Waals surface area contributed by atoms with Crippen molar-refractivity contribution in [3.05, 3.63) is 52.2 Å². The second-order valence-corrected chi connectivity index (χ2v) is 11.0. The van der Waals surface area contributed by atoms with Crippen LogP contribution in [-0.4, -0.2) is 54.9 Å². The molecule has 1 aromatic carbocycles. The van der Waals surface area contributed by atoms with E-state index >= 15 is 0 Å². The highest BCUT2D eigenvalue weighted by Gasteiger charge is 2.44. The monoisotopic (exact) mass is 483 g/mol. The Bertz CT molecular complexity index is 950. The molecule has 1 aromatic heterocycles. The van der Waals surface area contributed by atoms with Gasteiger partial charge in [-0.05, 0) is 77.9 Å². The molecule has 4 rings (SSSR count). The van der Waals surface area contributed by atoms with E-state index < -0.39 is 0 Å². The Balaban J connectivity index is 1.28. The lowest BCUT2D eigenvalue weighted by Gasteiger charge is -2.39. The number of benzene rings is 1. The molecular weight excluding hydrogens is 446 g/mol. The number of hydrogen-bond acceptors (Lipinski definition) is 5. The maximum Gasteiger partial charge on any atom is 0.223 e. The molecule has 7 heteroatoms. The number of ether oxygens (including phenoxy) is 1. The van der Waals surface area contributed by atoms with Crippen molar-refractivity contribution < 1.29 is 14.3 Å². The summed E-state index contributed by atoms with van der Waals surface area (Å²) < 4.78 is 5.24. The van der Waals surface area contributed by atoms with E-state index in [2.05, 4.69) is 27.0 Å². The van der Waals surface area contributed by atoms with Crippen LogP contribution in [-0.2, 0) is 16.1 Å². The Labute approximate surface area is 207 Å². The van der Waals surface area contributed by atoms with Gasteiger partial charge in [0.15, 0.2) is 0 Å². The average molecular weight is 484 g/mol. The van der Waals surface area contributed by atoms with Gasteiger partial charge in [0.2, 0.25) is 11.8 Å². The minimum Gasteiger partial charge on any atom is -0.497 e. The predicted molar refractivity (Wildman–Crippen MR) is 136 cm³/mol. The van der Waals surface area contributed by atoms with Crippen LogP contribution in [0.15, 0.2) is 41.1 Å². The summed E-state index contributed by atoms with van der Waals surface area (Å²) >= 11 is 1.67. The first kappa shape index (κ1) is 24.7. The first-order valence-electron chi connectivity index (χ1n) is 12.3. The fraction of sp³-hybridized carbons (Fsp3) is 0.556. The van der Waals surface area contributed by atoms with E-state index in [0.29, 0.717) is 13.0 Å². The Hall–Kier alpha value is -2.38. The van der Waals surface area contributed by atoms with Crippen molar-refractivity contribution in [3.63, 3.8) is 0 Å². The number of thiophene rings is 1. The van der Waals surface area contributed by atoms with Crippen LogP contribution >= 0.6 is 11.3 Å². The van der Waals surface area contributed by atoms with E-state index in [0.717, 1.165) is 56.8 Å². The fourth-order valence-electron chi connectivity index (χ4n) is 5.11. The van der Waals surface area contributed by atoms with Gasteiger partial charge in [0.1, 0.15) is 5.75 Å². The van der Waals surface area contributed by atoms with E-state index in [1.807, 2.05) is 43.0 Å². The smallest absolute Gasteiger partial charge is 0.223 e. The molecule has 3 heterocycles. The number of methoxy groups -OCH3 is 1. The Kier molecular flexibility index (Phi) is 7.94. The number of carbonyl (C=O) groups is 2. The molecule has 6 nitrogen and oxygen atoms in total. The topological polar surface area (TPSA) is 61.9 Å². The predicted octanol–water partition coefficient (Wildman–Crippen LogP) is 4.47. The molecule has 1 unspecified atom stereocenters. The second kappa shape index (κ2) is 10.9. The summed E-state index contributed by atoms with van der Waals surface area (Å²) in [5.41, 5.74) is 2.45. The lowest BCUT2D eigenvalue weighted by molar-refractivity contribution is -0.128. The summed E-state index contributed by atoms with van der Waals surface area (Å²) in [7, 11) is 1.67. The number of hydrogen-bond donors (Lipinski definition) is 1. The summed E-state index contributed by atoms with van der Waals surface area (Å²) in [6, 6.07) is 10.2. The maximum atomic E-state index is 12.8. The number of piperidine rings is 1. The van der Waals surface area contributed by atoms with Gasteiger partial charge < -0.3 is 19.9 Å². The normalized spacial score (nSPS) is 19.1. The lowest BCUT2D eigenvalue weighted by Crippen LogP contribution is -2.43. The summed E-state index contributed by atoms with van der Waals surface area (Å²) in [6.45, 7) is 8.38. The van der Waals surface area contributed by atoms with Crippen LogP contribution in [0.4, 0.5) is 0 Å². The second-order valence-electron chi connectivity index (χ2n) is 10.2. The van der Waals surface area contributed by atoms with Crippen LogP contribution in [0, 0.1) is 11.3 Å². The molecule has 1 N–H and O–H groups in total. The van der Waals surface area contributed by atoms with Gasteiger partial charge in [0.25, 0.3) is 0 Å². The van der Waals surface area contributed by atoms with Crippen molar-refractivity contribution in [2.45, 2.75) is 52.1 Å². The zero-order valence-electron chi connectivity index (χ0n) is 20.6. The van der Waals surface area contributed by atoms with Gasteiger partial charge in [-0.2, -0.15) is 11.3 Å². The quantitative estimate of drug-likeness (QED) is 0.572. The largest absolute Gasteiger partial charge is 0.497 e. The third kappa shape index (κ3) is 5.99. The highest BCUT2D eigenvalue weighted by Crippen LogP contribution is 2.41. The molecule has 0 bridgehead atoms. The number of carbonyl (C=O) groups excluding carboxylic acids is 2. The highest BCUT2D eigenvalue weighted by atomic mass is 32.1. The van der Waals surface area contributed by atoms with Gasteiger partial charge in [-0.15, -0.1) is 0 Å². The Morgan fingerprint density at radius 3 is 2.53 bits per heavy atom. The summed E-state index contributed by atoms with van der Waals surface area (Å²) in [5, 5.41) is 7.44. The molecule has 0 radical (unpaired) electrons. The summed E-state index contributed by atoms with van der Waals surface area (Å²) in [4.78, 5) is 29.7. The van der Waals surface area contributed by atoms with Crippen molar-refractivity contribution in [1.29, 1.82) is 0 Å². The summed E-state index contributed by atoms with van der Waals surface area (Å²) in [6.07, 6.45) is 3.68. The van der Waals surface area contributed by atoms with Crippen molar-refractivity contribution in [2.24, 2.45) is 11.3 Å². The molecular formula is C27H37N3O3S. The van der Waals surface area contributed by atoms with Gasteiger partial charge in [0, 0.05) is 32.0 Å². The summed E-state index contributed by atoms with van der Waals surface area (Å²) in [5.74, 6) is 1.20. The molecule has 1 atom stereocenters. The number of rotatable bonds is 9. The minimum atomic E-state index is -0.0169. The maximum absolute atomic E-state index is 12.8. The average Bonchev–Trinajstić information content (AvgIpc) is 3.47. The standard InChI is InChI=1S/C27H37N3O3S/c1-20(2)26(32)28-24(22-9-15-34-18-22)8-12-29-13-10-27(11-14-29)16-25(31)30(19-27)17-21-4-6-23(33-3)7-5-21/h4-7,9,15,18,20,24H,8,10-14,16-17,19H2,1-3H3,(H,28,32). The molecule has 2 amide bonds. The van der Waals surface area contributed by atoms with Crippen molar-refractivity contribution in [2.75, 3.05) is 33.3 Å². The van der Waals surface area contributed by atoms with Crippen LogP contribution in [0.1, 0.15) is 56.7 Å². The zero-order valence-corrected chi connectivity index (χ0v) is 21.4. The lowest BCUT2D eigenvalue weighted by atomic mass is 9.77. The minimum absolute atomic E-state index is 0.0169. The van der Waals surface area contributed by atoms with Gasteiger partial charge in [0.05, 0.1) is 13.2 Å². The first-order valence-corrected chi connectivity index (χ1v) is 13.3. The van der Waals surface area contributed by atoms with Crippen molar-refractivity contribution >= 4 is 23.2 Å². The van der Waals surface area contributed by atoms with Gasteiger partial charge in [-0.25, -0.2) is 0 Å². The molecule has 0 aliphatic carbocycles. The third-order valence-corrected chi connectivity index (χ3v) is 8.08. The first-order chi connectivity index (χ1) is 16.4. The van der Waals surface area contributed by atoms with Gasteiger partial charge in [-0.3, -0.25) is 9.59 Å². The highest BCUT2D eigenvalue weighted by molar-refractivity contribution is 7.08. The van der Waals surface area contributed by atoms with Crippen LogP contribution < -0.4 is 10.1 Å². The SMILES string of the molecule is COc1ccc(CN2CC3(CCN(CCC(NC(=O)C(C)C)c4ccsc4)CC3)CC2=O)cc1. The zero-order chi connectivity index (χ0) is 24.1. The third-order valence-electron chi connectivity index (χ3n) is 7.37. The molecule has 2 saturated heterocycles. The molecule has 0 saturated carbocycles. The molecule has 2 aliphatic heterocycles. The van der Waals surface area contributed by atoms with E-state index in [1.54, 1.807) is 18.4 Å². The molecule has 1 spiro atoms. The van der Waals surface area contributed by atoms with E-state index in [1.165, 1.54) is 5.56 Å². The number of likely N-dealkylation sites (tertiary alicyclic amines) is 2. The molecule has 2 fully saturated rings. The van der Waals surface area contributed by atoms with Gasteiger partial charge >= 0.3 is 0 Å². The molecule has 2 aromatic rings. The number of amides is 2. The molecule has 2 aliphatic rings. The van der Waals surface area contributed by atoms with Crippen LogP contribution in [0.2, 0.25) is 0 Å².